The predicted molar refractivity (Wildman–Crippen MR) is 83.4 cm³/mol. The van der Waals surface area contributed by atoms with Crippen molar-refractivity contribution in [3.8, 4) is 0 Å². The van der Waals surface area contributed by atoms with Crippen LogP contribution in [-0.2, 0) is 4.84 Å². The summed E-state index contributed by atoms with van der Waals surface area (Å²) in [4.78, 5) is 6.86. The minimum atomic E-state index is -0.713. The molecule has 2 aliphatic carbocycles. The smallest absolute Gasteiger partial charge is 0.0867 e. The summed E-state index contributed by atoms with van der Waals surface area (Å²) in [6, 6.07) is 0.252. The van der Waals surface area contributed by atoms with Crippen molar-refractivity contribution >= 4 is 11.8 Å². The van der Waals surface area contributed by atoms with Gasteiger partial charge < -0.3 is 9.94 Å². The van der Waals surface area contributed by atoms with E-state index in [0.29, 0.717) is 11.4 Å². The first kappa shape index (κ1) is 14.6. The topological polar surface area (TPSA) is 41.5 Å². The number of nitrogens with one attached hydrogen (secondary N) is 1. The van der Waals surface area contributed by atoms with E-state index >= 15 is 0 Å². The summed E-state index contributed by atoms with van der Waals surface area (Å²) < 4.78 is 0.410. The van der Waals surface area contributed by atoms with Crippen molar-refractivity contribution in [2.75, 3.05) is 6.61 Å². The molecule has 3 aliphatic rings. The lowest BCUT2D eigenvalue weighted by molar-refractivity contribution is 0.0200. The molecule has 112 valence electrons. The van der Waals surface area contributed by atoms with Gasteiger partial charge in [0.2, 0.25) is 0 Å². The maximum Gasteiger partial charge on any atom is 0.0867 e. The number of hydroxylamine groups is 1. The molecule has 0 amide bonds. The SMILES string of the molecule is CCONC1CC2(CCC2)SC2=C1CC(C)(O)C(C)=C2. The third kappa shape index (κ3) is 2.47. The van der Waals surface area contributed by atoms with Crippen molar-refractivity contribution in [2.45, 2.75) is 69.3 Å². The van der Waals surface area contributed by atoms with Crippen molar-refractivity contribution in [3.05, 3.63) is 22.1 Å². The van der Waals surface area contributed by atoms with Crippen molar-refractivity contribution < 1.29 is 9.94 Å². The molecule has 2 unspecified atom stereocenters. The highest BCUT2D eigenvalue weighted by atomic mass is 32.2. The van der Waals surface area contributed by atoms with Crippen LogP contribution in [-0.4, -0.2) is 28.1 Å². The van der Waals surface area contributed by atoms with Gasteiger partial charge in [0.15, 0.2) is 0 Å². The molecule has 1 fully saturated rings. The van der Waals surface area contributed by atoms with Gasteiger partial charge in [0.1, 0.15) is 0 Å². The van der Waals surface area contributed by atoms with Crippen molar-refractivity contribution in [3.63, 3.8) is 0 Å². The number of allylic oxidation sites excluding steroid dienone is 1. The Morgan fingerprint density at radius 2 is 2.25 bits per heavy atom. The molecule has 1 heterocycles. The molecule has 20 heavy (non-hydrogen) atoms. The molecule has 2 atom stereocenters. The zero-order chi connectivity index (χ0) is 14.4. The van der Waals surface area contributed by atoms with Crippen LogP contribution in [0.1, 0.15) is 52.9 Å². The highest BCUT2D eigenvalue weighted by Crippen LogP contribution is 2.57. The second-order valence-corrected chi connectivity index (χ2v) is 8.12. The lowest BCUT2D eigenvalue weighted by Gasteiger charge is -2.49. The summed E-state index contributed by atoms with van der Waals surface area (Å²) in [5.74, 6) is 0. The Balaban J connectivity index is 1.90. The monoisotopic (exact) mass is 295 g/mol. The molecule has 0 saturated heterocycles. The zero-order valence-corrected chi connectivity index (χ0v) is 13.5. The van der Waals surface area contributed by atoms with Crippen molar-refractivity contribution in [1.29, 1.82) is 0 Å². The van der Waals surface area contributed by atoms with Gasteiger partial charge in [0.25, 0.3) is 0 Å². The van der Waals surface area contributed by atoms with Gasteiger partial charge in [0, 0.05) is 16.1 Å². The number of thioether (sulfide) groups is 1. The molecule has 0 aromatic heterocycles. The van der Waals surface area contributed by atoms with Gasteiger partial charge in [-0.3, -0.25) is 0 Å². The first-order valence-corrected chi connectivity index (χ1v) is 8.48. The van der Waals surface area contributed by atoms with Crippen LogP contribution < -0.4 is 5.48 Å². The van der Waals surface area contributed by atoms with Crippen molar-refractivity contribution in [1.82, 2.24) is 5.48 Å². The third-order valence-electron chi connectivity index (χ3n) is 5.01. The van der Waals surface area contributed by atoms with Gasteiger partial charge in [-0.25, -0.2) is 0 Å². The van der Waals surface area contributed by atoms with Crippen LogP contribution in [0.15, 0.2) is 22.1 Å². The average molecular weight is 295 g/mol. The lowest BCUT2D eigenvalue weighted by atomic mass is 9.75. The third-order valence-corrected chi connectivity index (χ3v) is 6.61. The Kier molecular flexibility index (Phi) is 3.78. The molecule has 1 spiro atoms. The molecule has 0 radical (unpaired) electrons. The summed E-state index contributed by atoms with van der Waals surface area (Å²) in [6.07, 6.45) is 8.00. The Labute approximate surface area is 125 Å². The average Bonchev–Trinajstić information content (AvgIpc) is 2.35. The maximum atomic E-state index is 10.5. The Hall–Kier alpha value is -0.290. The summed E-state index contributed by atoms with van der Waals surface area (Å²) in [6.45, 7) is 6.63. The van der Waals surface area contributed by atoms with Crippen molar-refractivity contribution in [2.24, 2.45) is 0 Å². The van der Waals surface area contributed by atoms with E-state index in [1.54, 1.807) is 0 Å². The van der Waals surface area contributed by atoms with Gasteiger partial charge >= 0.3 is 0 Å². The standard InChI is InChI=1S/C16H25NO2S/c1-4-19-17-13-10-16(6-5-7-16)20-14-8-11(2)15(3,18)9-12(13)14/h8,13,17-18H,4-7,9-10H2,1-3H3. The molecule has 1 aliphatic heterocycles. The molecule has 4 heteroatoms. The summed E-state index contributed by atoms with van der Waals surface area (Å²) in [5, 5.41) is 10.5. The summed E-state index contributed by atoms with van der Waals surface area (Å²) in [7, 11) is 0. The quantitative estimate of drug-likeness (QED) is 0.784. The number of aliphatic hydroxyl groups is 1. The van der Waals surface area contributed by atoms with Crippen LogP contribution in [0.3, 0.4) is 0 Å². The Morgan fingerprint density at radius 3 is 2.85 bits per heavy atom. The Morgan fingerprint density at radius 1 is 1.50 bits per heavy atom. The first-order chi connectivity index (χ1) is 9.46. The van der Waals surface area contributed by atoms with E-state index in [1.165, 1.54) is 29.7 Å². The van der Waals surface area contributed by atoms with Crippen LogP contribution in [0.25, 0.3) is 0 Å². The van der Waals surface area contributed by atoms with Gasteiger partial charge in [-0.2, -0.15) is 5.48 Å². The van der Waals surface area contributed by atoms with E-state index in [2.05, 4.69) is 11.6 Å². The molecular formula is C16H25NO2S. The van der Waals surface area contributed by atoms with Crippen LogP contribution in [0.4, 0.5) is 0 Å². The van der Waals surface area contributed by atoms with Gasteiger partial charge in [-0.15, -0.1) is 11.8 Å². The molecule has 2 N–H and O–H groups in total. The predicted octanol–water partition coefficient (Wildman–Crippen LogP) is 3.31. The molecule has 0 aromatic carbocycles. The van der Waals surface area contributed by atoms with Crippen LogP contribution in [0.2, 0.25) is 0 Å². The minimum Gasteiger partial charge on any atom is -0.385 e. The zero-order valence-electron chi connectivity index (χ0n) is 12.7. The van der Waals surface area contributed by atoms with E-state index in [1.807, 2.05) is 32.5 Å². The summed E-state index contributed by atoms with van der Waals surface area (Å²) in [5.41, 5.74) is 4.93. The van der Waals surface area contributed by atoms with Gasteiger partial charge in [-0.1, -0.05) is 6.42 Å². The molecule has 0 bridgehead atoms. The van der Waals surface area contributed by atoms with E-state index in [-0.39, 0.29) is 6.04 Å². The second kappa shape index (κ2) is 5.16. The van der Waals surface area contributed by atoms with E-state index in [4.69, 9.17) is 4.84 Å². The lowest BCUT2D eigenvalue weighted by Crippen LogP contribution is -2.48. The fraction of sp³-hybridized carbons (Fsp3) is 0.750. The fourth-order valence-corrected chi connectivity index (χ4v) is 5.17. The maximum absolute atomic E-state index is 10.5. The number of hydrogen-bond donors (Lipinski definition) is 2. The molecule has 1 saturated carbocycles. The number of hydrogen-bond acceptors (Lipinski definition) is 4. The van der Waals surface area contributed by atoms with E-state index in [9.17, 15) is 5.11 Å². The van der Waals surface area contributed by atoms with Gasteiger partial charge in [0.05, 0.1) is 18.2 Å². The molecule has 3 nitrogen and oxygen atoms in total. The normalized spacial score (nSPS) is 35.6. The van der Waals surface area contributed by atoms with Crippen LogP contribution in [0.5, 0.6) is 0 Å². The number of rotatable bonds is 3. The Bertz CT molecular complexity index is 463. The molecule has 0 aromatic rings. The summed E-state index contributed by atoms with van der Waals surface area (Å²) >= 11 is 2.04. The van der Waals surface area contributed by atoms with Crippen LogP contribution >= 0.6 is 11.8 Å². The largest absolute Gasteiger partial charge is 0.385 e. The van der Waals surface area contributed by atoms with E-state index < -0.39 is 5.60 Å². The molecule has 3 rings (SSSR count). The highest BCUT2D eigenvalue weighted by molar-refractivity contribution is 8.04. The second-order valence-electron chi connectivity index (χ2n) is 6.61. The van der Waals surface area contributed by atoms with Crippen LogP contribution in [0, 0.1) is 0 Å². The molecular weight excluding hydrogens is 270 g/mol. The van der Waals surface area contributed by atoms with Gasteiger partial charge in [-0.05, 0) is 57.3 Å². The highest BCUT2D eigenvalue weighted by Gasteiger charge is 2.47. The minimum absolute atomic E-state index is 0.252. The van der Waals surface area contributed by atoms with E-state index in [0.717, 1.165) is 18.4 Å². The first-order valence-electron chi connectivity index (χ1n) is 7.66. The fourth-order valence-electron chi connectivity index (χ4n) is 3.38.